The van der Waals surface area contributed by atoms with Crippen LogP contribution in [0.3, 0.4) is 0 Å². The van der Waals surface area contributed by atoms with Crippen LogP contribution in [0.15, 0.2) is 23.6 Å². The van der Waals surface area contributed by atoms with Crippen LogP contribution in [-0.2, 0) is 0 Å². The number of hydrogen-bond acceptors (Lipinski definition) is 5. The van der Waals surface area contributed by atoms with Crippen molar-refractivity contribution in [1.82, 2.24) is 20.0 Å². The van der Waals surface area contributed by atoms with Crippen LogP contribution in [0.2, 0.25) is 5.02 Å². The van der Waals surface area contributed by atoms with Gasteiger partial charge in [-0.2, -0.15) is 10.2 Å². The zero-order valence-electron chi connectivity index (χ0n) is 8.87. The molecule has 0 saturated carbocycles. The highest BCUT2D eigenvalue weighted by atomic mass is 35.5. The van der Waals surface area contributed by atoms with Gasteiger partial charge in [0, 0.05) is 0 Å². The quantitative estimate of drug-likeness (QED) is 0.355. The number of aryl methyl sites for hydroxylation is 1. The van der Waals surface area contributed by atoms with Crippen LogP contribution >= 0.6 is 11.6 Å². The van der Waals surface area contributed by atoms with Crippen LogP contribution < -0.4 is 5.73 Å². The molecule has 2 aromatic rings. The summed E-state index contributed by atoms with van der Waals surface area (Å²) in [6.45, 7) is 1.76. The largest absolute Gasteiger partial charge is 0.409 e. The molecular weight excluding hydrogens is 244 g/mol. The first-order valence-electron chi connectivity index (χ1n) is 4.65. The molecule has 0 amide bonds. The molecule has 2 heterocycles. The van der Waals surface area contributed by atoms with Gasteiger partial charge in [-0.05, 0) is 13.0 Å². The Bertz CT molecular complexity index is 559. The summed E-state index contributed by atoms with van der Waals surface area (Å²) in [5.41, 5.74) is 6.61. The number of amidine groups is 1. The van der Waals surface area contributed by atoms with E-state index in [1.165, 1.54) is 10.9 Å². The fourth-order valence-electron chi connectivity index (χ4n) is 1.29. The maximum Gasteiger partial charge on any atom is 0.186 e. The van der Waals surface area contributed by atoms with Gasteiger partial charge in [0.05, 0.1) is 28.7 Å². The van der Waals surface area contributed by atoms with E-state index < -0.39 is 0 Å². The first-order valence-corrected chi connectivity index (χ1v) is 5.03. The lowest BCUT2D eigenvalue weighted by molar-refractivity contribution is 0.318. The molecule has 0 spiro atoms. The molecule has 0 aliphatic carbocycles. The molecule has 0 atom stereocenters. The molecule has 2 rings (SSSR count). The number of rotatable bonds is 2. The summed E-state index contributed by atoms with van der Waals surface area (Å²) in [4.78, 5) is 0. The van der Waals surface area contributed by atoms with E-state index in [9.17, 15) is 0 Å². The van der Waals surface area contributed by atoms with Crippen molar-refractivity contribution in [3.8, 4) is 5.82 Å². The molecule has 7 nitrogen and oxygen atoms in total. The summed E-state index contributed by atoms with van der Waals surface area (Å²) in [6, 6.07) is 1.57. The Morgan fingerprint density at radius 3 is 2.94 bits per heavy atom. The second kappa shape index (κ2) is 4.38. The lowest BCUT2D eigenvalue weighted by Crippen LogP contribution is -2.18. The van der Waals surface area contributed by atoms with Crippen molar-refractivity contribution in [3.63, 3.8) is 0 Å². The number of oxime groups is 1. The molecule has 0 aliphatic heterocycles. The summed E-state index contributed by atoms with van der Waals surface area (Å²) in [5.74, 6) is 0.275. The second-order valence-corrected chi connectivity index (χ2v) is 3.67. The highest BCUT2D eigenvalue weighted by molar-refractivity contribution is 6.31. The Labute approximate surface area is 102 Å². The highest BCUT2D eigenvalue weighted by Gasteiger charge is 2.13. The van der Waals surface area contributed by atoms with Crippen molar-refractivity contribution in [3.05, 3.63) is 34.7 Å². The SMILES string of the molecule is Cc1nn(-c2nnccc2/C(N)=N/O)cc1Cl. The monoisotopic (exact) mass is 252 g/mol. The zero-order valence-corrected chi connectivity index (χ0v) is 9.63. The van der Waals surface area contributed by atoms with Crippen molar-refractivity contribution < 1.29 is 5.21 Å². The number of halogens is 1. The van der Waals surface area contributed by atoms with E-state index in [0.717, 1.165) is 0 Å². The Kier molecular flexibility index (Phi) is 2.92. The molecule has 3 N–H and O–H groups in total. The Morgan fingerprint density at radius 2 is 2.35 bits per heavy atom. The molecule has 0 saturated heterocycles. The molecule has 0 unspecified atom stereocenters. The first kappa shape index (κ1) is 11.3. The molecule has 17 heavy (non-hydrogen) atoms. The van der Waals surface area contributed by atoms with Crippen LogP contribution in [0.25, 0.3) is 5.82 Å². The van der Waals surface area contributed by atoms with E-state index >= 15 is 0 Å². The third kappa shape index (κ3) is 2.04. The van der Waals surface area contributed by atoms with E-state index in [-0.39, 0.29) is 5.84 Å². The van der Waals surface area contributed by atoms with Crippen molar-refractivity contribution in [2.75, 3.05) is 0 Å². The maximum atomic E-state index is 8.68. The fraction of sp³-hybridized carbons (Fsp3) is 0.111. The predicted molar refractivity (Wildman–Crippen MR) is 61.4 cm³/mol. The van der Waals surface area contributed by atoms with Gasteiger partial charge >= 0.3 is 0 Å². The molecule has 0 aromatic carbocycles. The Balaban J connectivity index is 2.59. The van der Waals surface area contributed by atoms with E-state index in [1.54, 1.807) is 19.2 Å². The average molecular weight is 253 g/mol. The number of aromatic nitrogens is 4. The standard InChI is InChI=1S/C9H9ClN6O/c1-5-7(10)4-16(14-5)9-6(8(11)15-17)2-3-12-13-9/h2-4,17H,1H3,(H2,11,15). The van der Waals surface area contributed by atoms with Crippen LogP contribution in [0, 0.1) is 6.92 Å². The summed E-state index contributed by atoms with van der Waals surface area (Å²) in [6.07, 6.45) is 3.02. The van der Waals surface area contributed by atoms with Crippen LogP contribution in [0.4, 0.5) is 0 Å². The van der Waals surface area contributed by atoms with Crippen LogP contribution in [0.5, 0.6) is 0 Å². The summed E-state index contributed by atoms with van der Waals surface area (Å²) in [5, 5.41) is 23.9. The number of hydrogen-bond donors (Lipinski definition) is 2. The van der Waals surface area contributed by atoms with Crippen molar-refractivity contribution in [2.24, 2.45) is 10.9 Å². The van der Waals surface area contributed by atoms with Crippen LogP contribution in [-0.4, -0.2) is 31.0 Å². The molecule has 88 valence electrons. The third-order valence-electron chi connectivity index (χ3n) is 2.14. The smallest absolute Gasteiger partial charge is 0.186 e. The number of nitrogens with zero attached hydrogens (tertiary/aromatic N) is 5. The van der Waals surface area contributed by atoms with Crippen LogP contribution in [0.1, 0.15) is 11.3 Å². The molecule has 0 radical (unpaired) electrons. The van der Waals surface area contributed by atoms with Crippen molar-refractivity contribution >= 4 is 17.4 Å². The molecular formula is C9H9ClN6O. The van der Waals surface area contributed by atoms with E-state index in [1.807, 2.05) is 0 Å². The normalized spacial score (nSPS) is 11.8. The van der Waals surface area contributed by atoms with E-state index in [0.29, 0.717) is 22.1 Å². The minimum atomic E-state index is -0.0702. The second-order valence-electron chi connectivity index (χ2n) is 3.26. The van der Waals surface area contributed by atoms with Gasteiger partial charge in [-0.25, -0.2) is 4.68 Å². The molecule has 2 aromatic heterocycles. The Morgan fingerprint density at radius 1 is 1.59 bits per heavy atom. The topological polar surface area (TPSA) is 102 Å². The maximum absolute atomic E-state index is 8.68. The van der Waals surface area contributed by atoms with Gasteiger partial charge in [0.15, 0.2) is 11.7 Å². The van der Waals surface area contributed by atoms with E-state index in [4.69, 9.17) is 22.5 Å². The highest BCUT2D eigenvalue weighted by Crippen LogP contribution is 2.16. The van der Waals surface area contributed by atoms with E-state index in [2.05, 4.69) is 20.5 Å². The van der Waals surface area contributed by atoms with Gasteiger partial charge in [-0.15, -0.1) is 5.10 Å². The van der Waals surface area contributed by atoms with Gasteiger partial charge in [0.25, 0.3) is 0 Å². The van der Waals surface area contributed by atoms with Gasteiger partial charge in [0.2, 0.25) is 0 Å². The van der Waals surface area contributed by atoms with Crippen molar-refractivity contribution in [1.29, 1.82) is 0 Å². The summed E-state index contributed by atoms with van der Waals surface area (Å²) < 4.78 is 1.43. The van der Waals surface area contributed by atoms with Crippen molar-refractivity contribution in [2.45, 2.75) is 6.92 Å². The summed E-state index contributed by atoms with van der Waals surface area (Å²) in [7, 11) is 0. The molecule has 0 bridgehead atoms. The molecule has 8 heteroatoms. The predicted octanol–water partition coefficient (Wildman–Crippen LogP) is 0.719. The zero-order chi connectivity index (χ0) is 12.4. The minimum absolute atomic E-state index is 0.0702. The first-order chi connectivity index (χ1) is 8.13. The van der Waals surface area contributed by atoms with Gasteiger partial charge < -0.3 is 10.9 Å². The summed E-state index contributed by atoms with van der Waals surface area (Å²) >= 11 is 5.90. The average Bonchev–Trinajstić information content (AvgIpc) is 2.68. The lowest BCUT2D eigenvalue weighted by Gasteiger charge is -2.04. The van der Waals surface area contributed by atoms with Gasteiger partial charge in [-0.3, -0.25) is 0 Å². The lowest BCUT2D eigenvalue weighted by atomic mass is 10.2. The van der Waals surface area contributed by atoms with Gasteiger partial charge in [0.1, 0.15) is 0 Å². The van der Waals surface area contributed by atoms with Gasteiger partial charge in [-0.1, -0.05) is 16.8 Å². The molecule has 0 aliphatic rings. The number of nitrogens with two attached hydrogens (primary N) is 1. The molecule has 0 fully saturated rings. The minimum Gasteiger partial charge on any atom is -0.409 e. The third-order valence-corrected chi connectivity index (χ3v) is 2.51. The fourth-order valence-corrected chi connectivity index (χ4v) is 1.43. The Hall–Kier alpha value is -2.15.